The number of nitrogens with zero attached hydrogens (tertiary/aromatic N) is 4. The molecule has 7 heteroatoms. The summed E-state index contributed by atoms with van der Waals surface area (Å²) in [7, 11) is 4.54. The van der Waals surface area contributed by atoms with Crippen LogP contribution in [0.5, 0.6) is 11.5 Å². The first-order valence-corrected chi connectivity index (χ1v) is 19.3. The van der Waals surface area contributed by atoms with Crippen LogP contribution in [0.15, 0.2) is 66.7 Å². The second-order valence-electron chi connectivity index (χ2n) is 17.1. The molecule has 2 N–H and O–H groups in total. The summed E-state index contributed by atoms with van der Waals surface area (Å²) < 4.78 is 0. The SMILES string of the molecule is CN1CC[C@]23CC(=O)N(Cc4ccccc4)C[C@H]2[C@H]1Cc1ccc(O)cc13.CN1CC[C@]23CCN(CC4CC4)C[C@H]2[C@H]1Cc1ccc(O)cc13. The summed E-state index contributed by atoms with van der Waals surface area (Å²) in [5.74, 6) is 3.17. The van der Waals surface area contributed by atoms with Gasteiger partial charge in [-0.1, -0.05) is 42.5 Å². The van der Waals surface area contributed by atoms with Gasteiger partial charge in [-0.2, -0.15) is 0 Å². The summed E-state index contributed by atoms with van der Waals surface area (Å²) in [6.45, 7) is 7.56. The zero-order valence-corrected chi connectivity index (χ0v) is 29.9. The highest BCUT2D eigenvalue weighted by atomic mass is 16.3. The van der Waals surface area contributed by atoms with Crippen molar-refractivity contribution in [2.45, 2.75) is 80.8 Å². The van der Waals surface area contributed by atoms with Crippen LogP contribution in [0, 0.1) is 17.8 Å². The van der Waals surface area contributed by atoms with Gasteiger partial charge in [-0.3, -0.25) is 4.79 Å². The van der Waals surface area contributed by atoms with E-state index in [0.29, 0.717) is 47.9 Å². The Morgan fingerprint density at radius 2 is 1.30 bits per heavy atom. The molecule has 1 amide bonds. The van der Waals surface area contributed by atoms with Crippen molar-refractivity contribution >= 4 is 5.91 Å². The monoisotopic (exact) mass is 674 g/mol. The smallest absolute Gasteiger partial charge is 0.223 e. The number of likely N-dealkylation sites (tertiary alicyclic amines) is 4. The van der Waals surface area contributed by atoms with Gasteiger partial charge in [0, 0.05) is 61.4 Å². The van der Waals surface area contributed by atoms with Crippen LogP contribution < -0.4 is 0 Å². The summed E-state index contributed by atoms with van der Waals surface area (Å²) in [6.07, 6.45) is 9.17. The van der Waals surface area contributed by atoms with E-state index in [1.165, 1.54) is 79.7 Å². The van der Waals surface area contributed by atoms with Crippen LogP contribution in [0.3, 0.4) is 0 Å². The highest BCUT2D eigenvalue weighted by Gasteiger charge is 2.57. The minimum Gasteiger partial charge on any atom is -0.508 e. The number of amides is 1. The van der Waals surface area contributed by atoms with Crippen molar-refractivity contribution in [3.05, 3.63) is 94.5 Å². The lowest BCUT2D eigenvalue weighted by molar-refractivity contribution is -0.144. The minimum atomic E-state index is -0.117. The summed E-state index contributed by atoms with van der Waals surface area (Å²) in [6, 6.07) is 23.4. The molecular formula is C43H54N4O3. The first-order valence-electron chi connectivity index (χ1n) is 19.3. The van der Waals surface area contributed by atoms with Crippen LogP contribution in [0.4, 0.5) is 0 Å². The Morgan fingerprint density at radius 3 is 1.94 bits per heavy atom. The number of fused-ring (bicyclic) bond motifs is 2. The van der Waals surface area contributed by atoms with Crippen molar-refractivity contribution in [3.63, 3.8) is 0 Å². The zero-order valence-electron chi connectivity index (χ0n) is 29.9. The lowest BCUT2D eigenvalue weighted by Gasteiger charge is -2.60. The first-order chi connectivity index (χ1) is 24.2. The highest BCUT2D eigenvalue weighted by molar-refractivity contribution is 5.80. The van der Waals surface area contributed by atoms with Gasteiger partial charge in [-0.25, -0.2) is 0 Å². The lowest BCUT2D eigenvalue weighted by Crippen LogP contribution is -2.65. The quantitative estimate of drug-likeness (QED) is 0.378. The van der Waals surface area contributed by atoms with Crippen LogP contribution >= 0.6 is 0 Å². The third-order valence-corrected chi connectivity index (χ3v) is 14.4. The summed E-state index contributed by atoms with van der Waals surface area (Å²) in [5, 5.41) is 20.2. The number of phenols is 2. The molecule has 7 nitrogen and oxygen atoms in total. The fourth-order valence-corrected chi connectivity index (χ4v) is 11.5. The number of carbonyl (C=O) groups is 1. The van der Waals surface area contributed by atoms with E-state index in [1.807, 2.05) is 30.3 Å². The van der Waals surface area contributed by atoms with E-state index in [1.54, 1.807) is 6.07 Å². The Kier molecular flexibility index (Phi) is 8.05. The first kappa shape index (κ1) is 32.5. The van der Waals surface area contributed by atoms with Crippen molar-refractivity contribution in [3.8, 4) is 11.5 Å². The summed E-state index contributed by atoms with van der Waals surface area (Å²) in [5.41, 5.74) is 6.91. The molecule has 4 heterocycles. The fourth-order valence-electron chi connectivity index (χ4n) is 11.5. The number of aromatic hydroxyl groups is 2. The lowest BCUT2D eigenvalue weighted by atomic mass is 9.54. The zero-order chi connectivity index (χ0) is 34.2. The molecule has 4 bridgehead atoms. The molecule has 0 radical (unpaired) electrons. The average molecular weight is 675 g/mol. The topological polar surface area (TPSA) is 70.5 Å². The maximum atomic E-state index is 13.2. The number of hydrogen-bond donors (Lipinski definition) is 2. The standard InChI is InChI=1S/C23H26N2O2.C20H28N2O/c1-24-10-9-23-13-22(27)25(14-16-5-3-2-4-6-16)15-20(23)21(24)11-17-7-8-18(26)12-19(17)23;1-21-8-6-20-7-9-22(12-14-2-3-14)13-18(20)19(21)10-15-4-5-16(23)11-17(15)20/h2-8,12,20-21,26H,9-11,13-15H2,1H3;4-5,11,14,18-19,23H,2-3,6-10,12-13H2,1H3/t20-,21+,23+;18-,19+,20+/m00/s1. The van der Waals surface area contributed by atoms with Gasteiger partial charge in [0.05, 0.1) is 0 Å². The third kappa shape index (κ3) is 5.46. The molecule has 10 rings (SSSR count). The molecule has 0 spiro atoms. The van der Waals surface area contributed by atoms with E-state index in [-0.39, 0.29) is 11.3 Å². The molecule has 50 heavy (non-hydrogen) atoms. The molecule has 6 atom stereocenters. The van der Waals surface area contributed by atoms with Gasteiger partial charge < -0.3 is 29.8 Å². The molecule has 3 aromatic carbocycles. The maximum Gasteiger partial charge on any atom is 0.223 e. The largest absolute Gasteiger partial charge is 0.508 e. The van der Waals surface area contributed by atoms with Gasteiger partial charge in [-0.05, 0) is 143 Å². The van der Waals surface area contributed by atoms with E-state index in [4.69, 9.17) is 0 Å². The Balaban J connectivity index is 0.000000136. The van der Waals surface area contributed by atoms with Gasteiger partial charge in [0.25, 0.3) is 0 Å². The van der Waals surface area contributed by atoms with Crippen LogP contribution in [0.1, 0.15) is 66.3 Å². The second-order valence-corrected chi connectivity index (χ2v) is 17.1. The Bertz CT molecular complexity index is 1760. The van der Waals surface area contributed by atoms with E-state index in [0.717, 1.165) is 44.2 Å². The molecular weight excluding hydrogens is 620 g/mol. The van der Waals surface area contributed by atoms with Gasteiger partial charge in [0.1, 0.15) is 11.5 Å². The molecule has 4 saturated heterocycles. The second kappa shape index (κ2) is 12.4. The Hall–Kier alpha value is -3.39. The van der Waals surface area contributed by atoms with Crippen molar-refractivity contribution in [1.29, 1.82) is 0 Å². The number of piperidine rings is 4. The normalized spacial score (nSPS) is 33.3. The maximum absolute atomic E-state index is 13.2. The molecule has 3 aromatic rings. The van der Waals surface area contributed by atoms with Crippen LogP contribution in [0.2, 0.25) is 0 Å². The highest BCUT2D eigenvalue weighted by Crippen LogP contribution is 2.55. The molecule has 264 valence electrons. The van der Waals surface area contributed by atoms with E-state index in [9.17, 15) is 15.0 Å². The fraction of sp³-hybridized carbons (Fsp3) is 0.558. The average Bonchev–Trinajstić information content (AvgIpc) is 3.94. The van der Waals surface area contributed by atoms with Crippen LogP contribution in [-0.2, 0) is 35.0 Å². The Labute approximate surface area is 297 Å². The summed E-state index contributed by atoms with van der Waals surface area (Å²) in [4.78, 5) is 23.1. The van der Waals surface area contributed by atoms with Crippen LogP contribution in [0.25, 0.3) is 0 Å². The van der Waals surface area contributed by atoms with Crippen molar-refractivity contribution in [2.75, 3.05) is 53.4 Å². The van der Waals surface area contributed by atoms with E-state index >= 15 is 0 Å². The molecule has 7 aliphatic rings. The number of benzene rings is 3. The number of carbonyl (C=O) groups excluding carboxylic acids is 1. The minimum absolute atomic E-state index is 0.117. The molecule has 0 aromatic heterocycles. The number of rotatable bonds is 4. The predicted molar refractivity (Wildman–Crippen MR) is 196 cm³/mol. The van der Waals surface area contributed by atoms with Gasteiger partial charge in [0.15, 0.2) is 0 Å². The van der Waals surface area contributed by atoms with E-state index < -0.39 is 0 Å². The van der Waals surface area contributed by atoms with Gasteiger partial charge in [-0.15, -0.1) is 0 Å². The number of likely N-dealkylation sites (N-methyl/N-ethyl adjacent to an activating group) is 2. The van der Waals surface area contributed by atoms with Crippen LogP contribution in [-0.4, -0.2) is 101 Å². The molecule has 0 unspecified atom stereocenters. The molecule has 1 saturated carbocycles. The van der Waals surface area contributed by atoms with Crippen molar-refractivity contribution in [2.24, 2.45) is 17.8 Å². The van der Waals surface area contributed by atoms with Gasteiger partial charge >= 0.3 is 0 Å². The summed E-state index contributed by atoms with van der Waals surface area (Å²) >= 11 is 0. The Morgan fingerprint density at radius 1 is 0.720 bits per heavy atom. The third-order valence-electron chi connectivity index (χ3n) is 14.4. The molecule has 3 aliphatic carbocycles. The predicted octanol–water partition coefficient (Wildman–Crippen LogP) is 5.56. The molecule has 4 aliphatic heterocycles. The molecule has 5 fully saturated rings. The van der Waals surface area contributed by atoms with Crippen molar-refractivity contribution < 1.29 is 15.0 Å². The number of phenolic OH excluding ortho intramolecular Hbond substituents is 2. The van der Waals surface area contributed by atoms with Crippen molar-refractivity contribution in [1.82, 2.24) is 19.6 Å². The van der Waals surface area contributed by atoms with E-state index in [2.05, 4.69) is 64.0 Å². The number of hydrogen-bond acceptors (Lipinski definition) is 6. The van der Waals surface area contributed by atoms with Gasteiger partial charge in [0.2, 0.25) is 5.91 Å².